The van der Waals surface area contributed by atoms with Crippen molar-refractivity contribution in [1.29, 1.82) is 0 Å². The molecule has 9 heteroatoms. The van der Waals surface area contributed by atoms with Crippen LogP contribution in [0.15, 0.2) is 29.8 Å². The van der Waals surface area contributed by atoms with Gasteiger partial charge in [-0.25, -0.2) is 9.67 Å². The molecule has 3 aromatic rings. The monoisotopic (exact) mass is 429 g/mol. The number of nitrogens with two attached hydrogens (primary N) is 1. The van der Waals surface area contributed by atoms with E-state index in [0.717, 1.165) is 21.6 Å². The van der Waals surface area contributed by atoms with Gasteiger partial charge in [0.05, 0.1) is 27.7 Å². The van der Waals surface area contributed by atoms with Gasteiger partial charge in [0.2, 0.25) is 0 Å². The highest BCUT2D eigenvalue weighted by atomic mass is 35.5. The molecular formula is C18H25Cl2N5OS. The molecule has 0 bridgehead atoms. The van der Waals surface area contributed by atoms with E-state index < -0.39 is 5.54 Å². The Balaban J connectivity index is 0.00000182. The highest BCUT2D eigenvalue weighted by Gasteiger charge is 2.20. The Morgan fingerprint density at radius 2 is 2.07 bits per heavy atom. The van der Waals surface area contributed by atoms with Crippen molar-refractivity contribution in [2.24, 2.45) is 5.73 Å². The minimum absolute atomic E-state index is 0. The smallest absolute Gasteiger partial charge is 0.252 e. The van der Waals surface area contributed by atoms with Crippen LogP contribution in [0.2, 0.25) is 0 Å². The van der Waals surface area contributed by atoms with E-state index in [1.165, 1.54) is 0 Å². The molecule has 0 unspecified atom stereocenters. The van der Waals surface area contributed by atoms with Crippen LogP contribution in [0.1, 0.15) is 44.1 Å². The molecule has 0 aromatic carbocycles. The summed E-state index contributed by atoms with van der Waals surface area (Å²) < 4.78 is 1.84. The van der Waals surface area contributed by atoms with Crippen molar-refractivity contribution < 1.29 is 4.79 Å². The number of thiophene rings is 1. The van der Waals surface area contributed by atoms with Crippen molar-refractivity contribution in [1.82, 2.24) is 20.1 Å². The third-order valence-corrected chi connectivity index (χ3v) is 4.67. The molecule has 3 N–H and O–H groups in total. The van der Waals surface area contributed by atoms with E-state index in [0.29, 0.717) is 12.1 Å². The van der Waals surface area contributed by atoms with Crippen LogP contribution in [0.3, 0.4) is 0 Å². The average Bonchev–Trinajstić information content (AvgIpc) is 3.19. The summed E-state index contributed by atoms with van der Waals surface area (Å²) in [7, 11) is 0. The Kier molecular flexibility index (Phi) is 7.80. The number of hydrogen-bond acceptors (Lipinski definition) is 5. The topological polar surface area (TPSA) is 85.8 Å². The summed E-state index contributed by atoms with van der Waals surface area (Å²) in [5.74, 6) is -0.160. The molecule has 0 aliphatic heterocycles. The van der Waals surface area contributed by atoms with Gasteiger partial charge in [-0.15, -0.1) is 36.2 Å². The number of hydrogen-bond donors (Lipinski definition) is 2. The fraction of sp³-hybridized carbons (Fsp3) is 0.389. The van der Waals surface area contributed by atoms with Gasteiger partial charge < -0.3 is 11.1 Å². The van der Waals surface area contributed by atoms with Crippen LogP contribution in [-0.4, -0.2) is 32.8 Å². The van der Waals surface area contributed by atoms with Crippen molar-refractivity contribution in [2.75, 3.05) is 6.54 Å². The Morgan fingerprint density at radius 1 is 1.37 bits per heavy atom. The normalized spacial score (nSPS) is 11.2. The van der Waals surface area contributed by atoms with E-state index in [9.17, 15) is 4.79 Å². The van der Waals surface area contributed by atoms with Crippen molar-refractivity contribution >= 4 is 53.1 Å². The Hall–Kier alpha value is -1.67. The predicted molar refractivity (Wildman–Crippen MR) is 116 cm³/mol. The van der Waals surface area contributed by atoms with E-state index in [2.05, 4.69) is 10.4 Å². The van der Waals surface area contributed by atoms with Crippen LogP contribution in [0.4, 0.5) is 0 Å². The van der Waals surface area contributed by atoms with Gasteiger partial charge in [-0.2, -0.15) is 5.10 Å². The predicted octanol–water partition coefficient (Wildman–Crippen LogP) is 4.05. The zero-order valence-electron chi connectivity index (χ0n) is 15.7. The number of nitrogens with one attached hydrogen (secondary N) is 1. The van der Waals surface area contributed by atoms with Gasteiger partial charge >= 0.3 is 0 Å². The number of nitrogens with zero attached hydrogens (tertiary/aromatic N) is 3. The number of fused-ring (bicyclic) bond motifs is 1. The molecule has 0 aliphatic carbocycles. The standard InChI is InChI=1S/C18H23N5OS.2ClH/c1-11(2)23-16-13(9-21-23)12(17(24)20-10-18(3,4)19)8-14(22-16)15-6-5-7-25-15;;/h5-9,11H,10,19H2,1-4H3,(H,20,24);2*1H. The molecule has 0 radical (unpaired) electrons. The summed E-state index contributed by atoms with van der Waals surface area (Å²) in [5.41, 5.74) is 7.59. The van der Waals surface area contributed by atoms with E-state index in [-0.39, 0.29) is 36.8 Å². The first kappa shape index (κ1) is 23.4. The van der Waals surface area contributed by atoms with Crippen LogP contribution in [0, 0.1) is 0 Å². The van der Waals surface area contributed by atoms with Gasteiger partial charge in [0, 0.05) is 18.1 Å². The zero-order valence-corrected chi connectivity index (χ0v) is 18.2. The van der Waals surface area contributed by atoms with Gasteiger partial charge in [-0.05, 0) is 45.2 Å². The number of carbonyl (C=O) groups excluding carboxylic acids is 1. The fourth-order valence-electron chi connectivity index (χ4n) is 2.54. The number of aromatic nitrogens is 3. The molecule has 1 amide bonds. The molecule has 148 valence electrons. The summed E-state index contributed by atoms with van der Waals surface area (Å²) in [6.07, 6.45) is 1.71. The highest BCUT2D eigenvalue weighted by Crippen LogP contribution is 2.28. The average molecular weight is 430 g/mol. The molecule has 0 atom stereocenters. The Labute approximate surface area is 175 Å². The van der Waals surface area contributed by atoms with E-state index in [1.807, 2.05) is 56.0 Å². The molecule has 0 fully saturated rings. The molecule has 3 heterocycles. The van der Waals surface area contributed by atoms with Crippen molar-refractivity contribution in [2.45, 2.75) is 39.3 Å². The first-order valence-corrected chi connectivity index (χ1v) is 9.13. The van der Waals surface area contributed by atoms with Gasteiger partial charge in [0.1, 0.15) is 0 Å². The first-order chi connectivity index (χ1) is 11.8. The third kappa shape index (κ3) is 5.19. The van der Waals surface area contributed by atoms with E-state index in [4.69, 9.17) is 10.7 Å². The Bertz CT molecular complexity index is 901. The molecule has 0 saturated heterocycles. The highest BCUT2D eigenvalue weighted by molar-refractivity contribution is 7.13. The molecular weight excluding hydrogens is 405 g/mol. The molecule has 6 nitrogen and oxygen atoms in total. The summed E-state index contributed by atoms with van der Waals surface area (Å²) in [4.78, 5) is 18.6. The maximum atomic E-state index is 12.8. The van der Waals surface area contributed by atoms with Crippen LogP contribution >= 0.6 is 36.2 Å². The molecule has 27 heavy (non-hydrogen) atoms. The van der Waals surface area contributed by atoms with Crippen LogP contribution in [0.5, 0.6) is 0 Å². The molecule has 3 aromatic heterocycles. The number of halogens is 2. The van der Waals surface area contributed by atoms with Crippen molar-refractivity contribution in [3.8, 4) is 10.6 Å². The van der Waals surface area contributed by atoms with Crippen LogP contribution < -0.4 is 11.1 Å². The van der Waals surface area contributed by atoms with Crippen molar-refractivity contribution in [3.05, 3.63) is 35.3 Å². The molecule has 0 spiro atoms. The molecule has 0 aliphatic rings. The van der Waals surface area contributed by atoms with E-state index in [1.54, 1.807) is 17.5 Å². The summed E-state index contributed by atoms with van der Waals surface area (Å²) in [5, 5.41) is 10.1. The van der Waals surface area contributed by atoms with Crippen LogP contribution in [0.25, 0.3) is 21.6 Å². The largest absolute Gasteiger partial charge is 0.350 e. The number of pyridine rings is 1. The lowest BCUT2D eigenvalue weighted by atomic mass is 10.1. The van der Waals surface area contributed by atoms with Gasteiger partial charge in [0.25, 0.3) is 5.91 Å². The minimum atomic E-state index is -0.472. The molecule has 3 rings (SSSR count). The van der Waals surface area contributed by atoms with E-state index >= 15 is 0 Å². The second-order valence-electron chi connectivity index (χ2n) is 7.12. The van der Waals surface area contributed by atoms with Crippen molar-refractivity contribution in [3.63, 3.8) is 0 Å². The number of carbonyl (C=O) groups is 1. The SMILES string of the molecule is CC(C)n1ncc2c(C(=O)NCC(C)(C)N)cc(-c3cccs3)nc21.Cl.Cl. The maximum Gasteiger partial charge on any atom is 0.252 e. The van der Waals surface area contributed by atoms with Crippen LogP contribution in [-0.2, 0) is 0 Å². The second kappa shape index (κ2) is 9.01. The third-order valence-electron chi connectivity index (χ3n) is 3.78. The fourth-order valence-corrected chi connectivity index (χ4v) is 3.22. The maximum absolute atomic E-state index is 12.8. The quantitative estimate of drug-likeness (QED) is 0.640. The summed E-state index contributed by atoms with van der Waals surface area (Å²) in [6, 6.07) is 5.96. The lowest BCUT2D eigenvalue weighted by Crippen LogP contribution is -2.45. The van der Waals surface area contributed by atoms with Gasteiger partial charge in [0.15, 0.2) is 5.65 Å². The molecule has 0 saturated carbocycles. The zero-order chi connectivity index (χ0) is 18.2. The Morgan fingerprint density at radius 3 is 2.63 bits per heavy atom. The minimum Gasteiger partial charge on any atom is -0.350 e. The lowest BCUT2D eigenvalue weighted by molar-refractivity contribution is 0.0947. The summed E-state index contributed by atoms with van der Waals surface area (Å²) in [6.45, 7) is 8.24. The summed E-state index contributed by atoms with van der Waals surface area (Å²) >= 11 is 1.60. The van der Waals surface area contributed by atoms with Gasteiger partial charge in [-0.3, -0.25) is 4.79 Å². The number of rotatable bonds is 5. The van der Waals surface area contributed by atoms with Gasteiger partial charge in [-0.1, -0.05) is 6.07 Å². The number of amides is 1. The lowest BCUT2D eigenvalue weighted by Gasteiger charge is -2.19. The first-order valence-electron chi connectivity index (χ1n) is 8.25. The second-order valence-corrected chi connectivity index (χ2v) is 8.07.